The minimum absolute atomic E-state index is 0.161. The Hall–Kier alpha value is -2.10. The molecular formula is C20H24N2O2. The van der Waals surface area contributed by atoms with Crippen LogP contribution in [0.25, 0.3) is 10.9 Å². The van der Waals surface area contributed by atoms with Crippen LogP contribution in [0.5, 0.6) is 0 Å². The van der Waals surface area contributed by atoms with Crippen LogP contribution in [0, 0.1) is 5.92 Å². The number of amides is 1. The van der Waals surface area contributed by atoms with Crippen LogP contribution in [0.3, 0.4) is 0 Å². The number of rotatable bonds is 4. The fourth-order valence-electron chi connectivity index (χ4n) is 3.84. The summed E-state index contributed by atoms with van der Waals surface area (Å²) in [4.78, 5) is 27.3. The number of carbonyl (C=O) groups is 2. The minimum Gasteiger partial charge on any atom is -0.338 e. The van der Waals surface area contributed by atoms with E-state index in [2.05, 4.69) is 6.92 Å². The fraction of sp³-hybridized carbons (Fsp3) is 0.500. The van der Waals surface area contributed by atoms with Crippen molar-refractivity contribution in [3.8, 4) is 0 Å². The summed E-state index contributed by atoms with van der Waals surface area (Å²) in [5.41, 5.74) is 1.77. The first-order valence-corrected chi connectivity index (χ1v) is 9.06. The summed E-state index contributed by atoms with van der Waals surface area (Å²) in [7, 11) is 0. The van der Waals surface area contributed by atoms with Crippen LogP contribution in [-0.4, -0.2) is 33.7 Å². The lowest BCUT2D eigenvalue weighted by atomic mass is 10.0. The normalized spacial score (nSPS) is 21.2. The van der Waals surface area contributed by atoms with Crippen LogP contribution >= 0.6 is 0 Å². The first-order chi connectivity index (χ1) is 11.6. The Morgan fingerprint density at radius 3 is 2.67 bits per heavy atom. The molecule has 1 aromatic heterocycles. The summed E-state index contributed by atoms with van der Waals surface area (Å²) in [6.45, 7) is 3.31. The van der Waals surface area contributed by atoms with Crippen molar-refractivity contribution in [1.29, 1.82) is 0 Å². The van der Waals surface area contributed by atoms with Crippen LogP contribution in [0.4, 0.5) is 0 Å². The summed E-state index contributed by atoms with van der Waals surface area (Å²) in [5.74, 6) is 0.596. The summed E-state index contributed by atoms with van der Waals surface area (Å²) in [6.07, 6.45) is 7.29. The molecule has 0 radical (unpaired) electrons. The molecule has 4 nitrogen and oxygen atoms in total. The zero-order valence-electron chi connectivity index (χ0n) is 14.2. The first kappa shape index (κ1) is 15.4. The van der Waals surface area contributed by atoms with E-state index in [0.717, 1.165) is 48.7 Å². The number of fused-ring (bicyclic) bond motifs is 1. The second-order valence-corrected chi connectivity index (χ2v) is 7.26. The molecule has 2 fully saturated rings. The van der Waals surface area contributed by atoms with Gasteiger partial charge in [0.1, 0.15) is 6.54 Å². The highest BCUT2D eigenvalue weighted by Crippen LogP contribution is 2.35. The lowest BCUT2D eigenvalue weighted by molar-refractivity contribution is -0.135. The van der Waals surface area contributed by atoms with Gasteiger partial charge in [0.2, 0.25) is 5.91 Å². The van der Waals surface area contributed by atoms with Gasteiger partial charge in [-0.25, -0.2) is 0 Å². The molecule has 1 aromatic carbocycles. The third-order valence-corrected chi connectivity index (χ3v) is 5.43. The fourth-order valence-corrected chi connectivity index (χ4v) is 3.84. The van der Waals surface area contributed by atoms with Gasteiger partial charge in [-0.1, -0.05) is 18.2 Å². The second kappa shape index (κ2) is 6.08. The maximum atomic E-state index is 12.8. The number of likely N-dealkylation sites (tertiary alicyclic amines) is 1. The van der Waals surface area contributed by atoms with Crippen molar-refractivity contribution in [2.75, 3.05) is 6.54 Å². The number of piperidine rings is 1. The average molecular weight is 324 g/mol. The molecule has 126 valence electrons. The number of para-hydroxylation sites is 1. The maximum absolute atomic E-state index is 12.8. The Balaban J connectivity index is 1.64. The zero-order chi connectivity index (χ0) is 16.7. The predicted molar refractivity (Wildman–Crippen MR) is 94.0 cm³/mol. The van der Waals surface area contributed by atoms with Gasteiger partial charge in [-0.05, 0) is 45.1 Å². The molecular weight excluding hydrogens is 300 g/mol. The van der Waals surface area contributed by atoms with Gasteiger partial charge in [-0.2, -0.15) is 0 Å². The number of nitrogens with zero attached hydrogens (tertiary/aromatic N) is 2. The van der Waals surface area contributed by atoms with E-state index in [1.165, 1.54) is 6.42 Å². The molecule has 1 aliphatic heterocycles. The molecule has 0 unspecified atom stereocenters. The molecule has 4 rings (SSSR count). The number of Topliss-reactive ketones (excluding diaryl/α,β-unsaturated/α-hetero) is 1. The second-order valence-electron chi connectivity index (χ2n) is 7.26. The van der Waals surface area contributed by atoms with Gasteiger partial charge in [0, 0.05) is 41.2 Å². The summed E-state index contributed by atoms with van der Waals surface area (Å²) in [6, 6.07) is 8.26. The zero-order valence-corrected chi connectivity index (χ0v) is 14.2. The monoisotopic (exact) mass is 324 g/mol. The molecule has 2 heterocycles. The van der Waals surface area contributed by atoms with E-state index in [4.69, 9.17) is 0 Å². The van der Waals surface area contributed by atoms with E-state index in [1.807, 2.05) is 39.9 Å². The Kier molecular flexibility index (Phi) is 3.91. The molecule has 1 saturated carbocycles. The largest absolute Gasteiger partial charge is 0.338 e. The number of aromatic nitrogens is 1. The van der Waals surface area contributed by atoms with Crippen LogP contribution in [-0.2, 0) is 11.3 Å². The summed E-state index contributed by atoms with van der Waals surface area (Å²) < 4.78 is 1.97. The van der Waals surface area contributed by atoms with Gasteiger partial charge < -0.3 is 9.47 Å². The molecule has 24 heavy (non-hydrogen) atoms. The number of ketones is 1. The molecule has 0 spiro atoms. The smallest absolute Gasteiger partial charge is 0.242 e. The Morgan fingerprint density at radius 2 is 1.92 bits per heavy atom. The van der Waals surface area contributed by atoms with Crippen LogP contribution in [0.2, 0.25) is 0 Å². The Bertz CT molecular complexity index is 788. The van der Waals surface area contributed by atoms with Gasteiger partial charge in [0.05, 0.1) is 0 Å². The quantitative estimate of drug-likeness (QED) is 0.806. The molecule has 1 saturated heterocycles. The first-order valence-electron chi connectivity index (χ1n) is 9.06. The number of hydrogen-bond acceptors (Lipinski definition) is 2. The van der Waals surface area contributed by atoms with Crippen molar-refractivity contribution in [2.45, 2.75) is 51.6 Å². The van der Waals surface area contributed by atoms with Crippen molar-refractivity contribution < 1.29 is 9.59 Å². The average Bonchev–Trinajstić information content (AvgIpc) is 3.38. The lowest BCUT2D eigenvalue weighted by Crippen LogP contribution is -2.43. The highest BCUT2D eigenvalue weighted by Gasteiger charge is 2.32. The van der Waals surface area contributed by atoms with Gasteiger partial charge >= 0.3 is 0 Å². The van der Waals surface area contributed by atoms with Gasteiger partial charge in [-0.15, -0.1) is 0 Å². The minimum atomic E-state index is 0.161. The molecule has 1 amide bonds. The van der Waals surface area contributed by atoms with Crippen molar-refractivity contribution in [3.05, 3.63) is 36.0 Å². The molecule has 4 heteroatoms. The topological polar surface area (TPSA) is 42.3 Å². The number of hydrogen-bond donors (Lipinski definition) is 0. The molecule has 0 N–H and O–H groups in total. The van der Waals surface area contributed by atoms with E-state index >= 15 is 0 Å². The molecule has 1 atom stereocenters. The highest BCUT2D eigenvalue weighted by molar-refractivity contribution is 6.10. The third-order valence-electron chi connectivity index (χ3n) is 5.43. The lowest BCUT2D eigenvalue weighted by Gasteiger charge is -2.33. The van der Waals surface area contributed by atoms with Crippen LogP contribution < -0.4 is 0 Å². The SMILES string of the molecule is C[C@@H]1CCCCN1C(=O)Cn1cc(C(=O)C2CC2)c2ccccc21. The van der Waals surface area contributed by atoms with Crippen molar-refractivity contribution >= 4 is 22.6 Å². The van der Waals surface area contributed by atoms with E-state index in [-0.39, 0.29) is 17.6 Å². The predicted octanol–water partition coefficient (Wildman–Crippen LogP) is 3.64. The number of benzene rings is 1. The molecule has 0 bridgehead atoms. The van der Waals surface area contributed by atoms with Crippen LogP contribution in [0.1, 0.15) is 49.4 Å². The molecule has 2 aromatic rings. The van der Waals surface area contributed by atoms with Crippen LogP contribution in [0.15, 0.2) is 30.5 Å². The van der Waals surface area contributed by atoms with Crippen molar-refractivity contribution in [2.24, 2.45) is 5.92 Å². The van der Waals surface area contributed by atoms with E-state index in [0.29, 0.717) is 12.6 Å². The maximum Gasteiger partial charge on any atom is 0.242 e. The van der Waals surface area contributed by atoms with Gasteiger partial charge in [-0.3, -0.25) is 9.59 Å². The summed E-state index contributed by atoms with van der Waals surface area (Å²) >= 11 is 0. The van der Waals surface area contributed by atoms with Crippen molar-refractivity contribution in [3.63, 3.8) is 0 Å². The van der Waals surface area contributed by atoms with E-state index in [1.54, 1.807) is 0 Å². The van der Waals surface area contributed by atoms with Gasteiger partial charge in [0.25, 0.3) is 0 Å². The van der Waals surface area contributed by atoms with Gasteiger partial charge in [0.15, 0.2) is 5.78 Å². The number of carbonyl (C=O) groups excluding carboxylic acids is 2. The molecule has 1 aliphatic carbocycles. The highest BCUT2D eigenvalue weighted by atomic mass is 16.2. The van der Waals surface area contributed by atoms with Crippen molar-refractivity contribution in [1.82, 2.24) is 9.47 Å². The van der Waals surface area contributed by atoms with E-state index in [9.17, 15) is 9.59 Å². The third kappa shape index (κ3) is 2.74. The Morgan fingerprint density at radius 1 is 1.12 bits per heavy atom. The standard InChI is InChI=1S/C20H24N2O2/c1-14-6-4-5-11-22(14)19(23)13-21-12-17(20(24)15-9-10-15)16-7-2-3-8-18(16)21/h2-3,7-8,12,14-15H,4-6,9-11,13H2,1H3/t14-/m1/s1. The Labute approximate surface area is 142 Å². The van der Waals surface area contributed by atoms with E-state index < -0.39 is 0 Å². The summed E-state index contributed by atoms with van der Waals surface area (Å²) in [5, 5.41) is 0.980. The molecule has 2 aliphatic rings.